The highest BCUT2D eigenvalue weighted by Crippen LogP contribution is 2.26. The summed E-state index contributed by atoms with van der Waals surface area (Å²) < 4.78 is 5.77. The lowest BCUT2D eigenvalue weighted by molar-refractivity contribution is -0.153. The van der Waals surface area contributed by atoms with Crippen LogP contribution in [0.15, 0.2) is 24.3 Å². The topological polar surface area (TPSA) is 46.5 Å². The van der Waals surface area contributed by atoms with Crippen LogP contribution in [0.1, 0.15) is 24.8 Å². The predicted octanol–water partition coefficient (Wildman–Crippen LogP) is 2.83. The third-order valence-electron chi connectivity index (χ3n) is 2.96. The minimum absolute atomic E-state index is 0.0330. The second-order valence-corrected chi connectivity index (χ2v) is 5.89. The molecule has 0 unspecified atom stereocenters. The molecule has 3 nitrogen and oxygen atoms in total. The monoisotopic (exact) mass is 346 g/mol. The zero-order valence-corrected chi connectivity index (χ0v) is 11.6. The summed E-state index contributed by atoms with van der Waals surface area (Å²) >= 11 is 2.36. The fraction of sp³-hybridized carbons (Fsp3) is 0.462. The van der Waals surface area contributed by atoms with Crippen molar-refractivity contribution in [3.63, 3.8) is 0 Å². The molecule has 1 aliphatic heterocycles. The Bertz CT molecular complexity index is 388. The molecule has 0 amide bonds. The molecule has 2 rings (SSSR count). The van der Waals surface area contributed by atoms with Crippen LogP contribution >= 0.6 is 22.6 Å². The third-order valence-corrected chi connectivity index (χ3v) is 4.39. The van der Waals surface area contributed by atoms with Gasteiger partial charge in [-0.1, -0.05) is 34.7 Å². The zero-order valence-electron chi connectivity index (χ0n) is 9.43. The van der Waals surface area contributed by atoms with Gasteiger partial charge in [0, 0.05) is 10.3 Å². The quantitative estimate of drug-likeness (QED) is 0.520. The Morgan fingerprint density at radius 2 is 2.06 bits per heavy atom. The number of cyclic esters (lactones) is 1. The van der Waals surface area contributed by atoms with Gasteiger partial charge in [-0.2, -0.15) is 0 Å². The Hall–Kier alpha value is -0.780. The molecule has 1 aliphatic rings. The van der Waals surface area contributed by atoms with Crippen molar-refractivity contribution in [2.75, 3.05) is 0 Å². The van der Waals surface area contributed by atoms with Gasteiger partial charge in [-0.15, -0.1) is 0 Å². The van der Waals surface area contributed by atoms with E-state index in [0.717, 1.165) is 24.8 Å². The summed E-state index contributed by atoms with van der Waals surface area (Å²) in [6.45, 7) is 0. The maximum Gasteiger partial charge on any atom is 0.306 e. The lowest BCUT2D eigenvalue weighted by Gasteiger charge is -2.27. The molecule has 0 aromatic heterocycles. The molecule has 0 bridgehead atoms. The molecule has 0 aliphatic carbocycles. The van der Waals surface area contributed by atoms with E-state index in [2.05, 4.69) is 22.6 Å². The van der Waals surface area contributed by atoms with E-state index < -0.39 is 0 Å². The lowest BCUT2D eigenvalue weighted by Crippen LogP contribution is -2.33. The van der Waals surface area contributed by atoms with Crippen LogP contribution in [0, 0.1) is 0 Å². The van der Waals surface area contributed by atoms with Crippen molar-refractivity contribution in [3.8, 4) is 5.75 Å². The number of aryl methyl sites for hydroxylation is 1. The van der Waals surface area contributed by atoms with Crippen molar-refractivity contribution in [1.82, 2.24) is 0 Å². The van der Waals surface area contributed by atoms with E-state index >= 15 is 0 Å². The molecule has 0 saturated carbocycles. The van der Waals surface area contributed by atoms with Crippen LogP contribution < -0.4 is 0 Å². The number of alkyl halides is 1. The molecule has 0 spiro atoms. The highest BCUT2D eigenvalue weighted by Gasteiger charge is 2.28. The number of esters is 1. The van der Waals surface area contributed by atoms with Gasteiger partial charge in [-0.3, -0.25) is 4.79 Å². The van der Waals surface area contributed by atoms with Crippen molar-refractivity contribution < 1.29 is 14.6 Å². The lowest BCUT2D eigenvalue weighted by atomic mass is 10.0. The number of ether oxygens (including phenoxy) is 1. The molecule has 1 heterocycles. The smallest absolute Gasteiger partial charge is 0.306 e. The van der Waals surface area contributed by atoms with Gasteiger partial charge in [-0.25, -0.2) is 0 Å². The second kappa shape index (κ2) is 5.71. The molecule has 2 atom stereocenters. The predicted molar refractivity (Wildman–Crippen MR) is 73.3 cm³/mol. The number of hydrogen-bond donors (Lipinski definition) is 1. The molecule has 92 valence electrons. The SMILES string of the molecule is O=C1CC[C@H](I)[C@H](CCc2ccc(O)cc2)O1. The van der Waals surface area contributed by atoms with Crippen molar-refractivity contribution in [1.29, 1.82) is 0 Å². The Morgan fingerprint density at radius 3 is 2.76 bits per heavy atom. The van der Waals surface area contributed by atoms with Gasteiger partial charge >= 0.3 is 5.97 Å². The molecule has 1 aromatic rings. The van der Waals surface area contributed by atoms with Crippen LogP contribution in [0.25, 0.3) is 0 Å². The van der Waals surface area contributed by atoms with Crippen LogP contribution in [0.3, 0.4) is 0 Å². The average molecular weight is 346 g/mol. The van der Waals surface area contributed by atoms with E-state index in [1.165, 1.54) is 0 Å². The molecule has 1 saturated heterocycles. The molecule has 1 N–H and O–H groups in total. The first-order valence-corrected chi connectivity index (χ1v) is 7.01. The zero-order chi connectivity index (χ0) is 12.3. The van der Waals surface area contributed by atoms with Crippen LogP contribution in [-0.2, 0) is 16.0 Å². The van der Waals surface area contributed by atoms with E-state index in [1.807, 2.05) is 12.1 Å². The Balaban J connectivity index is 1.88. The van der Waals surface area contributed by atoms with Crippen molar-refractivity contribution >= 4 is 28.6 Å². The maximum atomic E-state index is 11.2. The number of hydrogen-bond acceptors (Lipinski definition) is 3. The summed E-state index contributed by atoms with van der Waals surface area (Å²) in [5.41, 5.74) is 1.16. The van der Waals surface area contributed by atoms with Gasteiger partial charge in [-0.05, 0) is 37.0 Å². The summed E-state index contributed by atoms with van der Waals surface area (Å²) in [6.07, 6.45) is 3.22. The first-order chi connectivity index (χ1) is 8.15. The number of benzene rings is 1. The number of carbonyl (C=O) groups excluding carboxylic acids is 1. The number of phenolic OH excluding ortho intramolecular Hbond substituents is 1. The van der Waals surface area contributed by atoms with Gasteiger partial charge in [0.05, 0.1) is 0 Å². The molecular formula is C13H15IO3. The number of phenols is 1. The third kappa shape index (κ3) is 3.59. The Labute approximate surface area is 114 Å². The summed E-state index contributed by atoms with van der Waals surface area (Å²) in [5.74, 6) is 0.207. The molecule has 1 fully saturated rings. The van der Waals surface area contributed by atoms with E-state index in [4.69, 9.17) is 4.74 Å². The summed E-state index contributed by atoms with van der Waals surface area (Å²) in [6, 6.07) is 7.18. The molecule has 4 heteroatoms. The fourth-order valence-electron chi connectivity index (χ4n) is 1.95. The number of aromatic hydroxyl groups is 1. The first-order valence-electron chi connectivity index (χ1n) is 5.76. The second-order valence-electron chi connectivity index (χ2n) is 4.29. The average Bonchev–Trinajstić information content (AvgIpc) is 2.32. The highest BCUT2D eigenvalue weighted by molar-refractivity contribution is 14.1. The van der Waals surface area contributed by atoms with E-state index in [-0.39, 0.29) is 17.8 Å². The first kappa shape index (κ1) is 12.7. The fourth-order valence-corrected chi connectivity index (χ4v) is 2.77. The van der Waals surface area contributed by atoms with Crippen LogP contribution in [0.4, 0.5) is 0 Å². The largest absolute Gasteiger partial charge is 0.508 e. The van der Waals surface area contributed by atoms with Crippen LogP contribution in [-0.4, -0.2) is 21.1 Å². The molecule has 0 radical (unpaired) electrons. The number of carbonyl (C=O) groups is 1. The summed E-state index contributed by atoms with van der Waals surface area (Å²) in [7, 11) is 0. The van der Waals surface area contributed by atoms with Crippen molar-refractivity contribution in [3.05, 3.63) is 29.8 Å². The van der Waals surface area contributed by atoms with E-state index in [1.54, 1.807) is 12.1 Å². The van der Waals surface area contributed by atoms with Gasteiger partial charge in [0.25, 0.3) is 0 Å². The van der Waals surface area contributed by atoms with Crippen LogP contribution in [0.2, 0.25) is 0 Å². The van der Waals surface area contributed by atoms with Gasteiger partial charge in [0.1, 0.15) is 11.9 Å². The highest BCUT2D eigenvalue weighted by atomic mass is 127. The van der Waals surface area contributed by atoms with Gasteiger partial charge < -0.3 is 9.84 Å². The molecular weight excluding hydrogens is 331 g/mol. The van der Waals surface area contributed by atoms with Gasteiger partial charge in [0.2, 0.25) is 0 Å². The van der Waals surface area contributed by atoms with Crippen molar-refractivity contribution in [2.24, 2.45) is 0 Å². The van der Waals surface area contributed by atoms with E-state index in [9.17, 15) is 9.90 Å². The number of halogens is 1. The van der Waals surface area contributed by atoms with Gasteiger partial charge in [0.15, 0.2) is 0 Å². The summed E-state index contributed by atoms with van der Waals surface area (Å²) in [5, 5.41) is 9.18. The molecule has 1 aromatic carbocycles. The van der Waals surface area contributed by atoms with Crippen molar-refractivity contribution in [2.45, 2.75) is 35.7 Å². The molecule has 17 heavy (non-hydrogen) atoms. The minimum atomic E-state index is -0.0753. The minimum Gasteiger partial charge on any atom is -0.508 e. The van der Waals surface area contributed by atoms with Crippen LogP contribution in [0.5, 0.6) is 5.75 Å². The normalized spacial score (nSPS) is 24.4. The Kier molecular flexibility index (Phi) is 4.25. The van der Waals surface area contributed by atoms with E-state index in [0.29, 0.717) is 10.3 Å². The number of rotatable bonds is 3. The summed E-state index contributed by atoms with van der Waals surface area (Å²) in [4.78, 5) is 11.2. The maximum absolute atomic E-state index is 11.2. The standard InChI is InChI=1S/C13H15IO3/c14-11-6-8-13(16)17-12(11)7-3-9-1-4-10(15)5-2-9/h1-2,4-5,11-12,15H,3,6-8H2/t11-,12-/m0/s1. The Morgan fingerprint density at radius 1 is 1.35 bits per heavy atom.